The molecule has 2 N–H and O–H groups in total. The van der Waals surface area contributed by atoms with Crippen molar-refractivity contribution in [1.82, 2.24) is 10.6 Å². The van der Waals surface area contributed by atoms with Gasteiger partial charge in [0, 0.05) is 5.56 Å². The van der Waals surface area contributed by atoms with Gasteiger partial charge in [0.1, 0.15) is 5.84 Å². The minimum absolute atomic E-state index is 0.000689. The van der Waals surface area contributed by atoms with E-state index >= 15 is 0 Å². The molecular formula is C22H25N3O. The fourth-order valence-electron chi connectivity index (χ4n) is 4.23. The molecule has 0 bridgehead atoms. The van der Waals surface area contributed by atoms with E-state index in [1.54, 1.807) is 0 Å². The molecule has 0 saturated heterocycles. The number of hydrogen-bond acceptors (Lipinski definition) is 3. The maximum Gasteiger partial charge on any atom is 0.255 e. The smallest absolute Gasteiger partial charge is 0.255 e. The molecule has 1 amide bonds. The molecule has 0 radical (unpaired) electrons. The first kappa shape index (κ1) is 17.0. The van der Waals surface area contributed by atoms with Crippen molar-refractivity contribution in [2.24, 2.45) is 10.9 Å². The molecule has 2 heterocycles. The summed E-state index contributed by atoms with van der Waals surface area (Å²) in [6.07, 6.45) is 1.70. The molecule has 0 aliphatic carbocycles. The predicted octanol–water partition coefficient (Wildman–Crippen LogP) is 3.23. The first-order valence-electron chi connectivity index (χ1n) is 9.38. The Labute approximate surface area is 154 Å². The molecule has 0 fully saturated rings. The monoisotopic (exact) mass is 347 g/mol. The Morgan fingerprint density at radius 3 is 2.62 bits per heavy atom. The minimum atomic E-state index is -0.810. The largest absolute Gasteiger partial charge is 0.308 e. The summed E-state index contributed by atoms with van der Waals surface area (Å²) in [7, 11) is 0. The molecular weight excluding hydrogens is 322 g/mol. The van der Waals surface area contributed by atoms with Gasteiger partial charge in [-0.15, -0.1) is 0 Å². The zero-order valence-electron chi connectivity index (χ0n) is 15.3. The summed E-state index contributed by atoms with van der Waals surface area (Å²) in [4.78, 5) is 18.3. The lowest BCUT2D eigenvalue weighted by Crippen LogP contribution is -2.52. The molecule has 2 aliphatic rings. The maximum atomic E-state index is 13.3. The number of benzene rings is 2. The van der Waals surface area contributed by atoms with Crippen molar-refractivity contribution in [2.45, 2.75) is 38.3 Å². The van der Waals surface area contributed by atoms with Crippen molar-refractivity contribution in [3.05, 3.63) is 71.3 Å². The predicted molar refractivity (Wildman–Crippen MR) is 104 cm³/mol. The average molecular weight is 347 g/mol. The van der Waals surface area contributed by atoms with Crippen molar-refractivity contribution in [2.75, 3.05) is 6.54 Å². The second-order valence-electron chi connectivity index (χ2n) is 7.64. The van der Waals surface area contributed by atoms with Crippen molar-refractivity contribution >= 4 is 11.7 Å². The van der Waals surface area contributed by atoms with E-state index in [2.05, 4.69) is 48.7 Å². The lowest BCUT2D eigenvalue weighted by molar-refractivity contribution is -0.125. The summed E-state index contributed by atoms with van der Waals surface area (Å²) < 4.78 is 0. The van der Waals surface area contributed by atoms with Gasteiger partial charge in [0.15, 0.2) is 5.54 Å². The Morgan fingerprint density at radius 1 is 1.12 bits per heavy atom. The molecule has 0 spiro atoms. The van der Waals surface area contributed by atoms with Gasteiger partial charge in [-0.3, -0.25) is 4.79 Å². The molecule has 4 rings (SSSR count). The molecule has 134 valence electrons. The number of hydrogen-bond donors (Lipinski definition) is 2. The Kier molecular flexibility index (Phi) is 4.37. The first-order valence-corrected chi connectivity index (χ1v) is 9.38. The standard InChI is InChI=1S/C22H25N3O/c1-15(2)14-22(19-18-11-7-6-8-16(18)12-13-23-19)21(26)24-20(25-22)17-9-4-3-5-10-17/h3-11,15,19,23H,12-14H2,1-2H3,(H,24,25,26)/t19-,22+/m0/s1. The third-order valence-electron chi connectivity index (χ3n) is 5.29. The quantitative estimate of drug-likeness (QED) is 0.892. The van der Waals surface area contributed by atoms with Crippen molar-refractivity contribution < 1.29 is 4.79 Å². The van der Waals surface area contributed by atoms with Crippen LogP contribution in [0.2, 0.25) is 0 Å². The Bertz CT molecular complexity index is 843. The molecule has 2 aromatic rings. The average Bonchev–Trinajstić information content (AvgIpc) is 2.98. The van der Waals surface area contributed by atoms with Crippen molar-refractivity contribution in [1.29, 1.82) is 0 Å². The topological polar surface area (TPSA) is 53.5 Å². The lowest BCUT2D eigenvalue weighted by Gasteiger charge is -2.38. The Hall–Kier alpha value is -2.46. The van der Waals surface area contributed by atoms with Gasteiger partial charge in [-0.05, 0) is 36.4 Å². The van der Waals surface area contributed by atoms with E-state index < -0.39 is 5.54 Å². The molecule has 4 heteroatoms. The number of amides is 1. The minimum Gasteiger partial charge on any atom is -0.308 e. The van der Waals surface area contributed by atoms with Gasteiger partial charge in [-0.2, -0.15) is 0 Å². The van der Waals surface area contributed by atoms with Crippen LogP contribution in [0.4, 0.5) is 0 Å². The van der Waals surface area contributed by atoms with E-state index in [1.807, 2.05) is 30.3 Å². The molecule has 26 heavy (non-hydrogen) atoms. The molecule has 0 aromatic heterocycles. The molecule has 0 saturated carbocycles. The van der Waals surface area contributed by atoms with Gasteiger partial charge in [0.25, 0.3) is 5.91 Å². The molecule has 4 nitrogen and oxygen atoms in total. The first-order chi connectivity index (χ1) is 12.6. The number of aliphatic imine (C=N–C) groups is 1. The highest BCUT2D eigenvalue weighted by Gasteiger charge is 2.51. The number of nitrogens with zero attached hydrogens (tertiary/aromatic N) is 1. The van der Waals surface area contributed by atoms with E-state index in [-0.39, 0.29) is 11.9 Å². The van der Waals surface area contributed by atoms with E-state index in [0.717, 1.165) is 18.5 Å². The van der Waals surface area contributed by atoms with Gasteiger partial charge < -0.3 is 10.6 Å². The van der Waals surface area contributed by atoms with Gasteiger partial charge in [-0.25, -0.2) is 4.99 Å². The van der Waals surface area contributed by atoms with Crippen LogP contribution in [0.3, 0.4) is 0 Å². The number of rotatable bonds is 4. The number of fused-ring (bicyclic) bond motifs is 1. The Balaban J connectivity index is 1.83. The van der Waals surface area contributed by atoms with E-state index in [4.69, 9.17) is 4.99 Å². The van der Waals surface area contributed by atoms with E-state index in [0.29, 0.717) is 18.2 Å². The van der Waals surface area contributed by atoms with Gasteiger partial charge in [-0.1, -0.05) is 68.4 Å². The highest BCUT2D eigenvalue weighted by atomic mass is 16.2. The molecule has 2 aliphatic heterocycles. The fourth-order valence-corrected chi connectivity index (χ4v) is 4.23. The van der Waals surface area contributed by atoms with Crippen LogP contribution in [-0.4, -0.2) is 23.8 Å². The molecule has 2 atom stereocenters. The SMILES string of the molecule is CC(C)C[C@]1([C@H]2NCCc3ccccc32)N=C(c2ccccc2)NC1=O. The van der Waals surface area contributed by atoms with Crippen LogP contribution in [0.25, 0.3) is 0 Å². The maximum absolute atomic E-state index is 13.3. The number of carbonyl (C=O) groups is 1. The van der Waals surface area contributed by atoms with Crippen LogP contribution in [0.1, 0.15) is 43.0 Å². The van der Waals surface area contributed by atoms with Crippen LogP contribution in [-0.2, 0) is 11.2 Å². The zero-order valence-corrected chi connectivity index (χ0v) is 15.3. The summed E-state index contributed by atoms with van der Waals surface area (Å²) in [6, 6.07) is 18.2. The number of amidine groups is 1. The number of nitrogens with one attached hydrogen (secondary N) is 2. The van der Waals surface area contributed by atoms with E-state index in [1.165, 1.54) is 11.1 Å². The van der Waals surface area contributed by atoms with Crippen molar-refractivity contribution in [3.63, 3.8) is 0 Å². The van der Waals surface area contributed by atoms with Crippen LogP contribution in [0.5, 0.6) is 0 Å². The van der Waals surface area contributed by atoms with Gasteiger partial charge >= 0.3 is 0 Å². The van der Waals surface area contributed by atoms with Crippen molar-refractivity contribution in [3.8, 4) is 0 Å². The second-order valence-corrected chi connectivity index (χ2v) is 7.64. The summed E-state index contributed by atoms with van der Waals surface area (Å²) in [6.45, 7) is 5.17. The van der Waals surface area contributed by atoms with Crippen LogP contribution in [0.15, 0.2) is 59.6 Å². The molecule has 0 unspecified atom stereocenters. The van der Waals surface area contributed by atoms with Crippen LogP contribution < -0.4 is 10.6 Å². The summed E-state index contributed by atoms with van der Waals surface area (Å²) in [5, 5.41) is 6.66. The van der Waals surface area contributed by atoms with E-state index in [9.17, 15) is 4.79 Å². The third kappa shape index (κ3) is 2.84. The summed E-state index contributed by atoms with van der Waals surface area (Å²) in [5.41, 5.74) is 2.66. The lowest BCUT2D eigenvalue weighted by atomic mass is 9.76. The van der Waals surface area contributed by atoms with Crippen LogP contribution in [0, 0.1) is 5.92 Å². The van der Waals surface area contributed by atoms with Gasteiger partial charge in [0.2, 0.25) is 0 Å². The summed E-state index contributed by atoms with van der Waals surface area (Å²) >= 11 is 0. The number of carbonyl (C=O) groups excluding carboxylic acids is 1. The molecule has 2 aromatic carbocycles. The van der Waals surface area contributed by atoms with Gasteiger partial charge in [0.05, 0.1) is 6.04 Å². The highest BCUT2D eigenvalue weighted by Crippen LogP contribution is 2.41. The zero-order chi connectivity index (χ0) is 18.1. The Morgan fingerprint density at radius 2 is 1.85 bits per heavy atom. The second kappa shape index (κ2) is 6.69. The normalized spacial score (nSPS) is 25.0. The highest BCUT2D eigenvalue weighted by molar-refractivity contribution is 6.15. The van der Waals surface area contributed by atoms with Crippen LogP contribution >= 0.6 is 0 Å². The fraction of sp³-hybridized carbons (Fsp3) is 0.364. The third-order valence-corrected chi connectivity index (χ3v) is 5.29. The summed E-state index contributed by atoms with van der Waals surface area (Å²) in [5.74, 6) is 1.04.